The summed E-state index contributed by atoms with van der Waals surface area (Å²) in [6.07, 6.45) is 1.53. The highest BCUT2D eigenvalue weighted by atomic mass is 16.4. The number of aliphatic carboxylic acids is 1. The molecule has 0 unspecified atom stereocenters. The molecule has 0 aromatic heterocycles. The van der Waals surface area contributed by atoms with E-state index >= 15 is 0 Å². The van der Waals surface area contributed by atoms with E-state index in [1.54, 1.807) is 17.0 Å². The van der Waals surface area contributed by atoms with Crippen molar-refractivity contribution >= 4 is 23.5 Å². The highest BCUT2D eigenvalue weighted by molar-refractivity contribution is 6.10. The third-order valence-electron chi connectivity index (χ3n) is 4.76. The van der Waals surface area contributed by atoms with Gasteiger partial charge in [0.05, 0.1) is 0 Å². The molecule has 2 heterocycles. The van der Waals surface area contributed by atoms with Crippen molar-refractivity contribution in [3.63, 3.8) is 0 Å². The van der Waals surface area contributed by atoms with Gasteiger partial charge in [0.2, 0.25) is 5.91 Å². The van der Waals surface area contributed by atoms with Crippen LogP contribution in [0.25, 0.3) is 5.70 Å². The summed E-state index contributed by atoms with van der Waals surface area (Å²) in [5.74, 6) is -0.980. The van der Waals surface area contributed by atoms with Gasteiger partial charge in [0, 0.05) is 36.3 Å². The maximum atomic E-state index is 12.5. The van der Waals surface area contributed by atoms with Crippen molar-refractivity contribution in [2.45, 2.75) is 19.3 Å². The zero-order valence-corrected chi connectivity index (χ0v) is 13.4. The Kier molecular flexibility index (Phi) is 4.38. The molecule has 2 aliphatic rings. The minimum absolute atomic E-state index is 0.0179. The van der Waals surface area contributed by atoms with Crippen LogP contribution in [0.4, 0.5) is 0 Å². The third-order valence-corrected chi connectivity index (χ3v) is 4.76. The quantitative estimate of drug-likeness (QED) is 0.914. The van der Waals surface area contributed by atoms with E-state index < -0.39 is 5.97 Å². The maximum Gasteiger partial charge on any atom is 0.303 e. The first-order chi connectivity index (χ1) is 11.5. The first-order valence-corrected chi connectivity index (χ1v) is 8.07. The van der Waals surface area contributed by atoms with E-state index in [1.165, 1.54) is 4.90 Å². The molecule has 2 aliphatic heterocycles. The average Bonchev–Trinajstić information content (AvgIpc) is 2.80. The smallest absolute Gasteiger partial charge is 0.303 e. The van der Waals surface area contributed by atoms with E-state index in [4.69, 9.17) is 5.11 Å². The van der Waals surface area contributed by atoms with E-state index in [9.17, 15) is 14.4 Å². The van der Waals surface area contributed by atoms with Gasteiger partial charge >= 0.3 is 5.97 Å². The lowest BCUT2D eigenvalue weighted by Gasteiger charge is -2.32. The molecular formula is C18H20N2O4. The largest absolute Gasteiger partial charge is 0.481 e. The maximum absolute atomic E-state index is 12.5. The molecule has 0 bridgehead atoms. The number of likely N-dealkylation sites (tertiary alicyclic amines) is 1. The van der Waals surface area contributed by atoms with Gasteiger partial charge in [-0.05, 0) is 24.8 Å². The van der Waals surface area contributed by atoms with Crippen molar-refractivity contribution in [1.82, 2.24) is 9.80 Å². The molecule has 2 amide bonds. The molecule has 0 aliphatic carbocycles. The Labute approximate surface area is 140 Å². The van der Waals surface area contributed by atoms with Gasteiger partial charge in [-0.2, -0.15) is 0 Å². The number of rotatable bonds is 4. The summed E-state index contributed by atoms with van der Waals surface area (Å²) in [7, 11) is 0. The van der Waals surface area contributed by atoms with Crippen LogP contribution >= 0.6 is 0 Å². The fourth-order valence-electron chi connectivity index (χ4n) is 3.37. The SMILES string of the molecule is C=C1c2ccccc2C(=O)N1CC(=O)N1CCC(CC(=O)O)CC1. The van der Waals surface area contributed by atoms with E-state index in [2.05, 4.69) is 6.58 Å². The molecule has 126 valence electrons. The van der Waals surface area contributed by atoms with E-state index in [1.807, 2.05) is 12.1 Å². The van der Waals surface area contributed by atoms with Gasteiger partial charge in [0.15, 0.2) is 0 Å². The zero-order chi connectivity index (χ0) is 17.3. The van der Waals surface area contributed by atoms with Gasteiger partial charge in [0.25, 0.3) is 5.91 Å². The van der Waals surface area contributed by atoms with Crippen molar-refractivity contribution in [3.8, 4) is 0 Å². The number of hydrogen-bond acceptors (Lipinski definition) is 3. The molecule has 6 nitrogen and oxygen atoms in total. The molecule has 1 saturated heterocycles. The minimum Gasteiger partial charge on any atom is -0.481 e. The van der Waals surface area contributed by atoms with Crippen LogP contribution in [-0.4, -0.2) is 52.3 Å². The number of carboxylic acids is 1. The lowest BCUT2D eigenvalue weighted by molar-refractivity contribution is -0.138. The Morgan fingerprint density at radius 3 is 2.38 bits per heavy atom. The number of nitrogens with zero attached hydrogens (tertiary/aromatic N) is 2. The molecule has 6 heteroatoms. The molecule has 3 rings (SSSR count). The van der Waals surface area contributed by atoms with Crippen LogP contribution in [0, 0.1) is 5.92 Å². The zero-order valence-electron chi connectivity index (χ0n) is 13.4. The molecular weight excluding hydrogens is 308 g/mol. The molecule has 24 heavy (non-hydrogen) atoms. The molecule has 0 saturated carbocycles. The highest BCUT2D eigenvalue weighted by Crippen LogP contribution is 2.31. The van der Waals surface area contributed by atoms with Crippen LogP contribution < -0.4 is 0 Å². The summed E-state index contributed by atoms with van der Waals surface area (Å²) >= 11 is 0. The summed E-state index contributed by atoms with van der Waals surface area (Å²) in [5.41, 5.74) is 1.91. The first-order valence-electron chi connectivity index (χ1n) is 8.07. The molecule has 1 aromatic rings. The van der Waals surface area contributed by atoms with Crippen molar-refractivity contribution < 1.29 is 19.5 Å². The standard InChI is InChI=1S/C18H20N2O4/c1-12-14-4-2-3-5-15(14)18(24)20(12)11-16(21)19-8-6-13(7-9-19)10-17(22)23/h2-5,13H,1,6-11H2,(H,22,23). The van der Waals surface area contributed by atoms with Crippen LogP contribution in [0.3, 0.4) is 0 Å². The second-order valence-electron chi connectivity index (χ2n) is 6.31. The summed E-state index contributed by atoms with van der Waals surface area (Å²) in [6.45, 7) is 5.00. The number of carboxylic acid groups (broad SMARTS) is 1. The summed E-state index contributed by atoms with van der Waals surface area (Å²) in [5, 5.41) is 8.84. The summed E-state index contributed by atoms with van der Waals surface area (Å²) < 4.78 is 0. The Bertz CT molecular complexity index is 670. The van der Waals surface area contributed by atoms with Crippen molar-refractivity contribution in [1.29, 1.82) is 0 Å². The summed E-state index contributed by atoms with van der Waals surface area (Å²) in [4.78, 5) is 38.8. The van der Waals surface area contributed by atoms with E-state index in [0.717, 1.165) is 5.56 Å². The fourth-order valence-corrected chi connectivity index (χ4v) is 3.37. The molecule has 1 fully saturated rings. The van der Waals surface area contributed by atoms with Crippen molar-refractivity contribution in [2.24, 2.45) is 5.92 Å². The number of carbonyl (C=O) groups excluding carboxylic acids is 2. The molecule has 1 N–H and O–H groups in total. The summed E-state index contributed by atoms with van der Waals surface area (Å²) in [6, 6.07) is 7.21. The first kappa shape index (κ1) is 16.2. The van der Waals surface area contributed by atoms with E-state index in [0.29, 0.717) is 37.2 Å². The topological polar surface area (TPSA) is 77.9 Å². The van der Waals surface area contributed by atoms with Gasteiger partial charge in [-0.1, -0.05) is 24.8 Å². The number of amides is 2. The number of carbonyl (C=O) groups is 3. The van der Waals surface area contributed by atoms with Crippen molar-refractivity contribution in [3.05, 3.63) is 42.0 Å². The average molecular weight is 328 g/mol. The van der Waals surface area contributed by atoms with Gasteiger partial charge in [0.1, 0.15) is 6.54 Å². The Hall–Kier alpha value is -2.63. The molecule has 1 aromatic carbocycles. The minimum atomic E-state index is -0.795. The number of benzene rings is 1. The normalized spacial score (nSPS) is 18.0. The van der Waals surface area contributed by atoms with E-state index in [-0.39, 0.29) is 30.7 Å². The van der Waals surface area contributed by atoms with Gasteiger partial charge < -0.3 is 10.0 Å². The molecule has 0 spiro atoms. The van der Waals surface area contributed by atoms with Gasteiger partial charge in [-0.25, -0.2) is 0 Å². The second-order valence-corrected chi connectivity index (χ2v) is 6.31. The Morgan fingerprint density at radius 1 is 1.17 bits per heavy atom. The number of piperidine rings is 1. The molecule has 0 radical (unpaired) electrons. The third kappa shape index (κ3) is 3.04. The van der Waals surface area contributed by atoms with Crippen LogP contribution in [0.5, 0.6) is 0 Å². The molecule has 0 atom stereocenters. The Balaban J connectivity index is 1.60. The van der Waals surface area contributed by atoms with Crippen LogP contribution in [0.15, 0.2) is 30.8 Å². The predicted molar refractivity (Wildman–Crippen MR) is 88.1 cm³/mol. The van der Waals surface area contributed by atoms with Crippen molar-refractivity contribution in [2.75, 3.05) is 19.6 Å². The number of fused-ring (bicyclic) bond motifs is 1. The second kappa shape index (κ2) is 6.47. The number of hydrogen-bond donors (Lipinski definition) is 1. The van der Waals surface area contributed by atoms with Crippen LogP contribution in [0.2, 0.25) is 0 Å². The fraction of sp³-hybridized carbons (Fsp3) is 0.389. The predicted octanol–water partition coefficient (Wildman–Crippen LogP) is 1.83. The van der Waals surface area contributed by atoms with Gasteiger partial charge in [-0.15, -0.1) is 0 Å². The van der Waals surface area contributed by atoms with Crippen LogP contribution in [0.1, 0.15) is 35.2 Å². The lowest BCUT2D eigenvalue weighted by Crippen LogP contribution is -2.44. The van der Waals surface area contributed by atoms with Crippen LogP contribution in [-0.2, 0) is 9.59 Å². The monoisotopic (exact) mass is 328 g/mol. The highest BCUT2D eigenvalue weighted by Gasteiger charge is 2.33. The van der Waals surface area contributed by atoms with Gasteiger partial charge in [-0.3, -0.25) is 19.3 Å². The lowest BCUT2D eigenvalue weighted by atomic mass is 9.93. The Morgan fingerprint density at radius 2 is 1.79 bits per heavy atom.